The van der Waals surface area contributed by atoms with Crippen LogP contribution < -0.4 is 9.62 Å². The van der Waals surface area contributed by atoms with Crippen molar-refractivity contribution in [3.63, 3.8) is 0 Å². The van der Waals surface area contributed by atoms with Crippen LogP contribution in [0.25, 0.3) is 0 Å². The van der Waals surface area contributed by atoms with Crippen molar-refractivity contribution >= 4 is 50.7 Å². The second-order valence-corrected chi connectivity index (χ2v) is 10.1. The molecule has 1 amide bonds. The van der Waals surface area contributed by atoms with Gasteiger partial charge in [0.2, 0.25) is 5.91 Å². The lowest BCUT2D eigenvalue weighted by Crippen LogP contribution is -2.37. The van der Waals surface area contributed by atoms with E-state index in [0.29, 0.717) is 18.3 Å². The first-order valence-electron chi connectivity index (χ1n) is 8.37. The van der Waals surface area contributed by atoms with Gasteiger partial charge < -0.3 is 4.90 Å². The third-order valence-corrected chi connectivity index (χ3v) is 7.06. The van der Waals surface area contributed by atoms with Crippen LogP contribution in [0.4, 0.5) is 24.5 Å². The molecule has 1 atom stereocenters. The monoisotopic (exact) mass is 464 g/mol. The standard InChI is InChI=1S/C18H16ClF3N2O3S2/c1-10-9-24(11(2)25)16-8-13(4-6-17(16)28-10)29(26,27)23-12-3-5-15(19)14(7-12)18(20,21)22/h3-8,10,23H,9H2,1-2H3/t10-/m0/s1. The zero-order valence-corrected chi connectivity index (χ0v) is 17.6. The lowest BCUT2D eigenvalue weighted by Gasteiger charge is -2.32. The Morgan fingerprint density at radius 3 is 2.55 bits per heavy atom. The van der Waals surface area contributed by atoms with Gasteiger partial charge in [0.05, 0.1) is 21.2 Å². The summed E-state index contributed by atoms with van der Waals surface area (Å²) in [5.41, 5.74) is -0.959. The number of carbonyl (C=O) groups is 1. The van der Waals surface area contributed by atoms with Crippen LogP contribution >= 0.6 is 23.4 Å². The molecule has 0 aliphatic carbocycles. The molecule has 0 radical (unpaired) electrons. The Bertz CT molecular complexity index is 1070. The van der Waals surface area contributed by atoms with E-state index in [0.717, 1.165) is 17.0 Å². The van der Waals surface area contributed by atoms with Crippen molar-refractivity contribution in [3.8, 4) is 0 Å². The molecule has 0 aromatic heterocycles. The van der Waals surface area contributed by atoms with Gasteiger partial charge in [0.15, 0.2) is 0 Å². The highest BCUT2D eigenvalue weighted by Gasteiger charge is 2.34. The number of carbonyl (C=O) groups excluding carboxylic acids is 1. The van der Waals surface area contributed by atoms with Gasteiger partial charge in [-0.25, -0.2) is 8.42 Å². The minimum absolute atomic E-state index is 0.141. The molecule has 29 heavy (non-hydrogen) atoms. The van der Waals surface area contributed by atoms with E-state index in [4.69, 9.17) is 11.6 Å². The Morgan fingerprint density at radius 2 is 1.93 bits per heavy atom. The number of halogens is 4. The van der Waals surface area contributed by atoms with Crippen molar-refractivity contribution in [2.24, 2.45) is 0 Å². The summed E-state index contributed by atoms with van der Waals surface area (Å²) in [6.45, 7) is 3.77. The number of thioether (sulfide) groups is 1. The van der Waals surface area contributed by atoms with Gasteiger partial charge in [-0.1, -0.05) is 18.5 Å². The number of sulfonamides is 1. The molecule has 0 spiro atoms. The predicted molar refractivity (Wildman–Crippen MR) is 107 cm³/mol. The zero-order valence-electron chi connectivity index (χ0n) is 15.2. The molecule has 3 rings (SSSR count). The molecule has 1 aliphatic heterocycles. The van der Waals surface area contributed by atoms with Crippen LogP contribution in [0.3, 0.4) is 0 Å². The van der Waals surface area contributed by atoms with E-state index in [1.54, 1.807) is 6.07 Å². The Labute approximate surface area is 175 Å². The largest absolute Gasteiger partial charge is 0.417 e. The first-order valence-corrected chi connectivity index (χ1v) is 11.1. The number of rotatable bonds is 3. The molecule has 1 N–H and O–H groups in total. The van der Waals surface area contributed by atoms with E-state index in [-0.39, 0.29) is 21.7 Å². The molecular weight excluding hydrogens is 449 g/mol. The van der Waals surface area contributed by atoms with Gasteiger partial charge in [0.1, 0.15) is 0 Å². The van der Waals surface area contributed by atoms with Gasteiger partial charge in [0, 0.05) is 29.3 Å². The molecule has 156 valence electrons. The number of anilines is 2. The van der Waals surface area contributed by atoms with Gasteiger partial charge in [-0.05, 0) is 36.4 Å². The molecule has 0 fully saturated rings. The third-order valence-electron chi connectivity index (χ3n) is 4.20. The van der Waals surface area contributed by atoms with Crippen LogP contribution in [0.2, 0.25) is 5.02 Å². The number of hydrogen-bond acceptors (Lipinski definition) is 4. The van der Waals surface area contributed by atoms with Crippen molar-refractivity contribution in [2.45, 2.75) is 35.1 Å². The fourth-order valence-electron chi connectivity index (χ4n) is 2.90. The van der Waals surface area contributed by atoms with Crippen LogP contribution in [-0.4, -0.2) is 26.1 Å². The Kier molecular flexibility index (Phi) is 5.81. The third kappa shape index (κ3) is 4.65. The quantitative estimate of drug-likeness (QED) is 0.693. The van der Waals surface area contributed by atoms with E-state index in [2.05, 4.69) is 4.72 Å². The fraction of sp³-hybridized carbons (Fsp3) is 0.278. The van der Waals surface area contributed by atoms with Gasteiger partial charge >= 0.3 is 6.18 Å². The normalized spacial score (nSPS) is 17.0. The van der Waals surface area contributed by atoms with Crippen LogP contribution in [0, 0.1) is 0 Å². The molecule has 2 aromatic carbocycles. The maximum atomic E-state index is 13.0. The number of alkyl halides is 3. The summed E-state index contributed by atoms with van der Waals surface area (Å²) in [7, 11) is -4.19. The Balaban J connectivity index is 1.97. The second-order valence-electron chi connectivity index (χ2n) is 6.49. The summed E-state index contributed by atoms with van der Waals surface area (Å²) in [6, 6.07) is 7.04. The van der Waals surface area contributed by atoms with Crippen molar-refractivity contribution in [1.82, 2.24) is 0 Å². The zero-order chi connectivity index (χ0) is 21.6. The Hall–Kier alpha value is -1.91. The van der Waals surface area contributed by atoms with E-state index in [9.17, 15) is 26.4 Å². The molecule has 1 heterocycles. The summed E-state index contributed by atoms with van der Waals surface area (Å²) in [4.78, 5) is 14.0. The molecule has 2 aromatic rings. The number of benzene rings is 2. The highest BCUT2D eigenvalue weighted by molar-refractivity contribution is 8.00. The molecule has 1 aliphatic rings. The Morgan fingerprint density at radius 1 is 1.24 bits per heavy atom. The minimum atomic E-state index is -4.72. The minimum Gasteiger partial charge on any atom is -0.310 e. The van der Waals surface area contributed by atoms with Crippen LogP contribution in [0.1, 0.15) is 19.4 Å². The number of hydrogen-bond donors (Lipinski definition) is 1. The molecule has 0 bridgehead atoms. The first-order chi connectivity index (χ1) is 13.4. The van der Waals surface area contributed by atoms with E-state index in [1.165, 1.54) is 35.7 Å². The molecule has 0 saturated carbocycles. The molecular formula is C18H16ClF3N2O3S2. The van der Waals surface area contributed by atoms with Gasteiger partial charge in [0.25, 0.3) is 10.0 Å². The summed E-state index contributed by atoms with van der Waals surface area (Å²) < 4.78 is 66.7. The summed E-state index contributed by atoms with van der Waals surface area (Å²) >= 11 is 7.08. The number of fused-ring (bicyclic) bond motifs is 1. The summed E-state index contributed by atoms with van der Waals surface area (Å²) in [5.74, 6) is -0.228. The average Bonchev–Trinajstić information content (AvgIpc) is 2.61. The lowest BCUT2D eigenvalue weighted by atomic mass is 10.2. The maximum Gasteiger partial charge on any atom is 0.417 e. The first kappa shape index (κ1) is 21.8. The highest BCUT2D eigenvalue weighted by Crippen LogP contribution is 2.40. The second kappa shape index (κ2) is 7.73. The predicted octanol–water partition coefficient (Wildman–Crippen LogP) is 5.01. The van der Waals surface area contributed by atoms with Crippen LogP contribution in [0.5, 0.6) is 0 Å². The van der Waals surface area contributed by atoms with Crippen molar-refractivity contribution in [1.29, 1.82) is 0 Å². The topological polar surface area (TPSA) is 66.5 Å². The number of nitrogens with one attached hydrogen (secondary N) is 1. The summed E-state index contributed by atoms with van der Waals surface area (Å²) in [5, 5.41) is -0.390. The van der Waals surface area contributed by atoms with Gasteiger partial charge in [-0.15, -0.1) is 11.8 Å². The fourth-order valence-corrected chi connectivity index (χ4v) is 5.29. The highest BCUT2D eigenvalue weighted by atomic mass is 35.5. The molecule has 5 nitrogen and oxygen atoms in total. The SMILES string of the molecule is CC(=O)N1C[C@H](C)Sc2ccc(S(=O)(=O)Nc3ccc(Cl)c(C(F)(F)F)c3)cc21. The van der Waals surface area contributed by atoms with E-state index >= 15 is 0 Å². The lowest BCUT2D eigenvalue weighted by molar-refractivity contribution is -0.137. The van der Waals surface area contributed by atoms with Gasteiger partial charge in [-0.2, -0.15) is 13.2 Å². The molecule has 11 heteroatoms. The van der Waals surface area contributed by atoms with E-state index in [1.807, 2.05) is 6.92 Å². The van der Waals surface area contributed by atoms with Crippen LogP contribution in [0.15, 0.2) is 46.2 Å². The summed E-state index contributed by atoms with van der Waals surface area (Å²) in [6.07, 6.45) is -4.72. The van der Waals surface area contributed by atoms with Crippen molar-refractivity contribution in [2.75, 3.05) is 16.2 Å². The van der Waals surface area contributed by atoms with E-state index < -0.39 is 26.8 Å². The number of amides is 1. The van der Waals surface area contributed by atoms with Crippen LogP contribution in [-0.2, 0) is 21.0 Å². The number of nitrogens with zero attached hydrogens (tertiary/aromatic N) is 1. The smallest absolute Gasteiger partial charge is 0.310 e. The molecule has 0 saturated heterocycles. The van der Waals surface area contributed by atoms with Crippen molar-refractivity contribution < 1.29 is 26.4 Å². The van der Waals surface area contributed by atoms with Gasteiger partial charge in [-0.3, -0.25) is 9.52 Å². The maximum absolute atomic E-state index is 13.0. The van der Waals surface area contributed by atoms with Crippen molar-refractivity contribution in [3.05, 3.63) is 47.0 Å². The average molecular weight is 465 g/mol. The molecule has 0 unspecified atom stereocenters.